The van der Waals surface area contributed by atoms with Gasteiger partial charge in [0, 0.05) is 12.6 Å². The van der Waals surface area contributed by atoms with Crippen LogP contribution < -0.4 is 5.73 Å². The first kappa shape index (κ1) is 18.0. The second kappa shape index (κ2) is 9.04. The average Bonchev–Trinajstić information content (AvgIpc) is 2.44. The van der Waals surface area contributed by atoms with Crippen molar-refractivity contribution in [2.45, 2.75) is 97.6 Å². The van der Waals surface area contributed by atoms with Gasteiger partial charge in [0.15, 0.2) is 0 Å². The normalized spacial score (nSPS) is 27.8. The molecule has 0 aromatic rings. The maximum absolute atomic E-state index is 6.26. The van der Waals surface area contributed by atoms with Gasteiger partial charge in [0.1, 0.15) is 0 Å². The van der Waals surface area contributed by atoms with Gasteiger partial charge in [-0.15, -0.1) is 0 Å². The third-order valence-corrected chi connectivity index (χ3v) is 5.44. The zero-order chi connectivity index (χ0) is 15.0. The lowest BCUT2D eigenvalue weighted by molar-refractivity contribution is -0.0237. The summed E-state index contributed by atoms with van der Waals surface area (Å²) in [5.74, 6) is 0.775. The Morgan fingerprint density at radius 1 is 1.05 bits per heavy atom. The third kappa shape index (κ3) is 5.73. The van der Waals surface area contributed by atoms with Crippen molar-refractivity contribution in [3.63, 3.8) is 0 Å². The maximum Gasteiger partial charge on any atom is 0.0728 e. The predicted molar refractivity (Wildman–Crippen MR) is 87.9 cm³/mol. The van der Waals surface area contributed by atoms with Crippen LogP contribution in [0.3, 0.4) is 0 Å². The smallest absolute Gasteiger partial charge is 0.0728 e. The summed E-state index contributed by atoms with van der Waals surface area (Å²) >= 11 is 0. The van der Waals surface area contributed by atoms with E-state index in [9.17, 15) is 0 Å². The van der Waals surface area contributed by atoms with Crippen LogP contribution in [0.5, 0.6) is 0 Å². The van der Waals surface area contributed by atoms with Gasteiger partial charge >= 0.3 is 0 Å². The van der Waals surface area contributed by atoms with Crippen LogP contribution in [0.4, 0.5) is 0 Å². The molecule has 1 fully saturated rings. The highest BCUT2D eigenvalue weighted by molar-refractivity contribution is 4.89. The van der Waals surface area contributed by atoms with Crippen LogP contribution in [0.15, 0.2) is 0 Å². The van der Waals surface area contributed by atoms with E-state index >= 15 is 0 Å². The van der Waals surface area contributed by atoms with Gasteiger partial charge in [0.05, 0.1) is 6.10 Å². The van der Waals surface area contributed by atoms with Gasteiger partial charge in [0.25, 0.3) is 0 Å². The van der Waals surface area contributed by atoms with Gasteiger partial charge in [-0.05, 0) is 37.0 Å². The summed E-state index contributed by atoms with van der Waals surface area (Å²) in [7, 11) is 0. The summed E-state index contributed by atoms with van der Waals surface area (Å²) in [4.78, 5) is 0. The minimum atomic E-state index is 0.259. The van der Waals surface area contributed by atoms with Gasteiger partial charge in [-0.1, -0.05) is 59.8 Å². The molecule has 1 saturated carbocycles. The summed E-state index contributed by atoms with van der Waals surface area (Å²) in [6, 6.07) is 0.259. The van der Waals surface area contributed by atoms with E-state index in [2.05, 4.69) is 27.7 Å². The van der Waals surface area contributed by atoms with E-state index in [4.69, 9.17) is 10.5 Å². The molecule has 0 amide bonds. The van der Waals surface area contributed by atoms with Crippen LogP contribution in [0.1, 0.15) is 85.5 Å². The Hall–Kier alpha value is -0.0800. The van der Waals surface area contributed by atoms with E-state index in [0.717, 1.165) is 25.4 Å². The zero-order valence-electron chi connectivity index (χ0n) is 14.3. The fourth-order valence-corrected chi connectivity index (χ4v) is 3.28. The molecule has 0 aromatic heterocycles. The Bertz CT molecular complexity index is 252. The van der Waals surface area contributed by atoms with Gasteiger partial charge < -0.3 is 10.5 Å². The standard InChI is InChI=1S/C18H37NO/c1-5-7-8-9-10-13-20-17-14-15(11-12-16(17)19)18(3,4)6-2/h15-17H,5-14,19H2,1-4H3. The number of unbranched alkanes of at least 4 members (excludes halogenated alkanes) is 4. The van der Waals surface area contributed by atoms with Crippen LogP contribution in [-0.2, 0) is 4.74 Å². The van der Waals surface area contributed by atoms with Gasteiger partial charge in [-0.2, -0.15) is 0 Å². The molecule has 2 heteroatoms. The lowest BCUT2D eigenvalue weighted by Gasteiger charge is -2.42. The van der Waals surface area contributed by atoms with E-state index in [-0.39, 0.29) is 6.04 Å². The average molecular weight is 283 g/mol. The van der Waals surface area contributed by atoms with Crippen LogP contribution in [-0.4, -0.2) is 18.8 Å². The number of hydrogen-bond donors (Lipinski definition) is 1. The Balaban J connectivity index is 2.29. The Kier molecular flexibility index (Phi) is 8.13. The Morgan fingerprint density at radius 2 is 1.75 bits per heavy atom. The minimum absolute atomic E-state index is 0.259. The highest BCUT2D eigenvalue weighted by atomic mass is 16.5. The zero-order valence-corrected chi connectivity index (χ0v) is 14.3. The van der Waals surface area contributed by atoms with Crippen molar-refractivity contribution in [3.05, 3.63) is 0 Å². The molecular formula is C18H37NO. The SMILES string of the molecule is CCCCCCCOC1CC(C(C)(C)CC)CCC1N. The number of nitrogens with two attached hydrogens (primary N) is 1. The number of ether oxygens (including phenoxy) is 1. The van der Waals surface area contributed by atoms with Crippen molar-refractivity contribution in [2.24, 2.45) is 17.1 Å². The van der Waals surface area contributed by atoms with E-state index in [1.165, 1.54) is 44.9 Å². The van der Waals surface area contributed by atoms with E-state index < -0.39 is 0 Å². The Morgan fingerprint density at radius 3 is 2.40 bits per heavy atom. The first-order valence-electron chi connectivity index (χ1n) is 8.88. The molecule has 120 valence electrons. The summed E-state index contributed by atoms with van der Waals surface area (Å²) < 4.78 is 6.12. The summed E-state index contributed by atoms with van der Waals surface area (Å²) in [5, 5.41) is 0. The van der Waals surface area contributed by atoms with E-state index in [1.807, 2.05) is 0 Å². The topological polar surface area (TPSA) is 35.2 Å². The predicted octanol–water partition coefficient (Wildman–Crippen LogP) is 4.91. The highest BCUT2D eigenvalue weighted by Gasteiger charge is 2.36. The van der Waals surface area contributed by atoms with E-state index in [0.29, 0.717) is 11.5 Å². The van der Waals surface area contributed by atoms with Gasteiger partial charge in [-0.25, -0.2) is 0 Å². The molecule has 0 saturated heterocycles. The molecule has 3 unspecified atom stereocenters. The molecule has 2 nitrogen and oxygen atoms in total. The summed E-state index contributed by atoms with van der Waals surface area (Å²) in [6.45, 7) is 10.3. The van der Waals surface area contributed by atoms with Crippen molar-refractivity contribution < 1.29 is 4.74 Å². The lowest BCUT2D eigenvalue weighted by Crippen LogP contribution is -2.45. The molecule has 1 rings (SSSR count). The van der Waals surface area contributed by atoms with E-state index in [1.54, 1.807) is 0 Å². The molecule has 1 aliphatic carbocycles. The molecule has 0 aromatic carbocycles. The fourth-order valence-electron chi connectivity index (χ4n) is 3.28. The lowest BCUT2D eigenvalue weighted by atomic mass is 9.68. The molecule has 1 aliphatic rings. The van der Waals surface area contributed by atoms with Crippen molar-refractivity contribution >= 4 is 0 Å². The highest BCUT2D eigenvalue weighted by Crippen LogP contribution is 2.40. The minimum Gasteiger partial charge on any atom is -0.377 e. The maximum atomic E-state index is 6.26. The van der Waals surface area contributed by atoms with Crippen LogP contribution in [0.25, 0.3) is 0 Å². The van der Waals surface area contributed by atoms with Crippen LogP contribution >= 0.6 is 0 Å². The van der Waals surface area contributed by atoms with Crippen molar-refractivity contribution in [1.82, 2.24) is 0 Å². The molecule has 0 heterocycles. The molecule has 2 N–H and O–H groups in total. The van der Waals surface area contributed by atoms with Crippen LogP contribution in [0.2, 0.25) is 0 Å². The first-order valence-corrected chi connectivity index (χ1v) is 8.88. The summed E-state index contributed by atoms with van der Waals surface area (Å²) in [6.07, 6.45) is 11.6. The van der Waals surface area contributed by atoms with Gasteiger partial charge in [0.2, 0.25) is 0 Å². The molecule has 3 atom stereocenters. The van der Waals surface area contributed by atoms with Crippen LogP contribution in [0, 0.1) is 11.3 Å². The second-order valence-electron chi connectivity index (χ2n) is 7.34. The van der Waals surface area contributed by atoms with Gasteiger partial charge in [-0.3, -0.25) is 0 Å². The van der Waals surface area contributed by atoms with Crippen molar-refractivity contribution in [3.8, 4) is 0 Å². The molecule has 0 radical (unpaired) electrons. The first-order chi connectivity index (χ1) is 9.51. The molecule has 20 heavy (non-hydrogen) atoms. The van der Waals surface area contributed by atoms with Crippen molar-refractivity contribution in [2.75, 3.05) is 6.61 Å². The Labute approximate surface area is 126 Å². The largest absolute Gasteiger partial charge is 0.377 e. The summed E-state index contributed by atoms with van der Waals surface area (Å²) in [5.41, 5.74) is 6.70. The molecule has 0 aliphatic heterocycles. The molecular weight excluding hydrogens is 246 g/mol. The monoisotopic (exact) mass is 283 g/mol. The third-order valence-electron chi connectivity index (χ3n) is 5.44. The quantitative estimate of drug-likeness (QED) is 0.610. The van der Waals surface area contributed by atoms with Crippen molar-refractivity contribution in [1.29, 1.82) is 0 Å². The molecule has 0 spiro atoms. The number of hydrogen-bond acceptors (Lipinski definition) is 2. The fraction of sp³-hybridized carbons (Fsp3) is 1.00. The second-order valence-corrected chi connectivity index (χ2v) is 7.34. The number of rotatable bonds is 9. The molecule has 0 bridgehead atoms.